The molecule has 1 aromatic heterocycles. The standard InChI is InChI=1S/C17H17FN2/c18-16-4-2-1-3-15(16)12-20-10-8-14-11-13(7-9-19)5-6-17(14)20/h1-6,8,10-11H,7,9,12,19H2. The smallest absolute Gasteiger partial charge is 0.128 e. The lowest BCUT2D eigenvalue weighted by atomic mass is 10.1. The molecule has 3 heteroatoms. The van der Waals surface area contributed by atoms with Crippen LogP contribution < -0.4 is 5.73 Å². The molecule has 0 aliphatic carbocycles. The van der Waals surface area contributed by atoms with Crippen molar-refractivity contribution < 1.29 is 4.39 Å². The van der Waals surface area contributed by atoms with Gasteiger partial charge >= 0.3 is 0 Å². The van der Waals surface area contributed by atoms with Gasteiger partial charge < -0.3 is 10.3 Å². The van der Waals surface area contributed by atoms with Crippen LogP contribution in [0.25, 0.3) is 10.9 Å². The SMILES string of the molecule is NCCc1ccc2c(ccn2Cc2ccccc2F)c1. The van der Waals surface area contributed by atoms with E-state index in [1.807, 2.05) is 18.3 Å². The summed E-state index contributed by atoms with van der Waals surface area (Å²) in [6.07, 6.45) is 2.89. The minimum Gasteiger partial charge on any atom is -0.343 e. The van der Waals surface area contributed by atoms with Crippen molar-refractivity contribution in [1.82, 2.24) is 4.57 Å². The van der Waals surface area contributed by atoms with E-state index in [1.165, 1.54) is 17.0 Å². The topological polar surface area (TPSA) is 30.9 Å². The first-order valence-corrected chi connectivity index (χ1v) is 6.79. The van der Waals surface area contributed by atoms with Gasteiger partial charge in [-0.25, -0.2) is 4.39 Å². The van der Waals surface area contributed by atoms with Gasteiger partial charge in [0.15, 0.2) is 0 Å². The highest BCUT2D eigenvalue weighted by atomic mass is 19.1. The molecule has 0 saturated heterocycles. The van der Waals surface area contributed by atoms with E-state index in [2.05, 4.69) is 28.8 Å². The third kappa shape index (κ3) is 2.45. The maximum absolute atomic E-state index is 13.7. The van der Waals surface area contributed by atoms with Gasteiger partial charge in [0, 0.05) is 17.3 Å². The zero-order valence-electron chi connectivity index (χ0n) is 11.2. The highest BCUT2D eigenvalue weighted by Crippen LogP contribution is 2.20. The number of benzene rings is 2. The van der Waals surface area contributed by atoms with Crippen LogP contribution in [0.2, 0.25) is 0 Å². The summed E-state index contributed by atoms with van der Waals surface area (Å²) in [5, 5.41) is 1.17. The molecule has 0 fully saturated rings. The van der Waals surface area contributed by atoms with Crippen molar-refractivity contribution in [3.63, 3.8) is 0 Å². The summed E-state index contributed by atoms with van der Waals surface area (Å²) in [5.74, 6) is -0.158. The Morgan fingerprint density at radius 1 is 1.05 bits per heavy atom. The predicted octanol–water partition coefficient (Wildman–Crippen LogP) is 3.33. The Balaban J connectivity index is 1.95. The molecule has 3 aromatic rings. The van der Waals surface area contributed by atoms with Gasteiger partial charge in [0.05, 0.1) is 6.54 Å². The predicted molar refractivity (Wildman–Crippen MR) is 80.2 cm³/mol. The van der Waals surface area contributed by atoms with Crippen molar-refractivity contribution in [2.24, 2.45) is 5.73 Å². The van der Waals surface area contributed by atoms with Crippen molar-refractivity contribution >= 4 is 10.9 Å². The van der Waals surface area contributed by atoms with Crippen LogP contribution in [0.4, 0.5) is 4.39 Å². The maximum atomic E-state index is 13.7. The van der Waals surface area contributed by atoms with Gasteiger partial charge in [-0.15, -0.1) is 0 Å². The molecule has 0 bridgehead atoms. The third-order valence-corrected chi connectivity index (χ3v) is 3.57. The fraction of sp³-hybridized carbons (Fsp3) is 0.176. The van der Waals surface area contributed by atoms with Crippen LogP contribution in [0.1, 0.15) is 11.1 Å². The number of hydrogen-bond acceptors (Lipinski definition) is 1. The molecule has 0 spiro atoms. The van der Waals surface area contributed by atoms with Crippen molar-refractivity contribution in [3.05, 3.63) is 71.7 Å². The lowest BCUT2D eigenvalue weighted by molar-refractivity contribution is 0.602. The van der Waals surface area contributed by atoms with Crippen LogP contribution in [-0.2, 0) is 13.0 Å². The Hall–Kier alpha value is -2.13. The van der Waals surface area contributed by atoms with Crippen molar-refractivity contribution in [2.75, 3.05) is 6.54 Å². The van der Waals surface area contributed by atoms with E-state index < -0.39 is 0 Å². The molecule has 0 unspecified atom stereocenters. The number of nitrogens with two attached hydrogens (primary N) is 1. The maximum Gasteiger partial charge on any atom is 0.128 e. The van der Waals surface area contributed by atoms with E-state index in [0.717, 1.165) is 11.9 Å². The van der Waals surface area contributed by atoms with Crippen LogP contribution in [0.5, 0.6) is 0 Å². The lowest BCUT2D eigenvalue weighted by Crippen LogP contribution is -2.03. The first kappa shape index (κ1) is 12.9. The second kappa shape index (κ2) is 5.47. The van der Waals surface area contributed by atoms with Gasteiger partial charge in [-0.1, -0.05) is 24.3 Å². The normalized spacial score (nSPS) is 11.1. The van der Waals surface area contributed by atoms with Gasteiger partial charge in [0.2, 0.25) is 0 Å². The Morgan fingerprint density at radius 3 is 2.70 bits per heavy atom. The van der Waals surface area contributed by atoms with E-state index in [-0.39, 0.29) is 5.82 Å². The molecular weight excluding hydrogens is 251 g/mol. The molecule has 0 amide bonds. The summed E-state index contributed by atoms with van der Waals surface area (Å²) in [5.41, 5.74) is 8.65. The Labute approximate surface area is 117 Å². The average Bonchev–Trinajstić information content (AvgIpc) is 2.84. The molecule has 2 nitrogen and oxygen atoms in total. The highest BCUT2D eigenvalue weighted by Gasteiger charge is 2.05. The number of rotatable bonds is 4. The van der Waals surface area contributed by atoms with Crippen LogP contribution in [0, 0.1) is 5.82 Å². The van der Waals surface area contributed by atoms with Crippen LogP contribution in [0.15, 0.2) is 54.7 Å². The van der Waals surface area contributed by atoms with Crippen molar-refractivity contribution in [3.8, 4) is 0 Å². The molecule has 3 rings (SSSR count). The number of nitrogens with zero attached hydrogens (tertiary/aromatic N) is 1. The highest BCUT2D eigenvalue weighted by molar-refractivity contribution is 5.81. The summed E-state index contributed by atoms with van der Waals surface area (Å²) in [7, 11) is 0. The third-order valence-electron chi connectivity index (χ3n) is 3.57. The zero-order chi connectivity index (χ0) is 13.9. The number of aromatic nitrogens is 1. The Kier molecular flexibility index (Phi) is 3.52. The minimum atomic E-state index is -0.158. The van der Waals surface area contributed by atoms with Gasteiger partial charge in [-0.05, 0) is 48.2 Å². The van der Waals surface area contributed by atoms with Gasteiger partial charge in [0.25, 0.3) is 0 Å². The monoisotopic (exact) mass is 268 g/mol. The van der Waals surface area contributed by atoms with Crippen LogP contribution in [0.3, 0.4) is 0 Å². The average molecular weight is 268 g/mol. The molecule has 0 saturated carbocycles. The summed E-state index contributed by atoms with van der Waals surface area (Å²) < 4.78 is 15.8. The molecule has 2 aromatic carbocycles. The van der Waals surface area contributed by atoms with Gasteiger partial charge in [0.1, 0.15) is 5.82 Å². The molecule has 0 aliphatic heterocycles. The van der Waals surface area contributed by atoms with Crippen LogP contribution >= 0.6 is 0 Å². The summed E-state index contributed by atoms with van der Waals surface area (Å²) >= 11 is 0. The Morgan fingerprint density at radius 2 is 1.90 bits per heavy atom. The molecule has 20 heavy (non-hydrogen) atoms. The quantitative estimate of drug-likeness (QED) is 0.773. The van der Waals surface area contributed by atoms with E-state index in [0.29, 0.717) is 18.7 Å². The molecular formula is C17H17FN2. The second-order valence-electron chi connectivity index (χ2n) is 4.97. The van der Waals surface area contributed by atoms with E-state index in [9.17, 15) is 4.39 Å². The minimum absolute atomic E-state index is 0.158. The number of fused-ring (bicyclic) bond motifs is 1. The van der Waals surface area contributed by atoms with E-state index in [4.69, 9.17) is 5.73 Å². The van der Waals surface area contributed by atoms with Gasteiger partial charge in [-0.3, -0.25) is 0 Å². The molecule has 1 heterocycles. The van der Waals surface area contributed by atoms with Gasteiger partial charge in [-0.2, -0.15) is 0 Å². The van der Waals surface area contributed by atoms with Crippen LogP contribution in [-0.4, -0.2) is 11.1 Å². The Bertz CT molecular complexity index is 731. The zero-order valence-corrected chi connectivity index (χ0v) is 11.2. The summed E-state index contributed by atoms with van der Waals surface area (Å²) in [6.45, 7) is 1.20. The molecule has 102 valence electrons. The van der Waals surface area contributed by atoms with E-state index >= 15 is 0 Å². The summed E-state index contributed by atoms with van der Waals surface area (Å²) in [6, 6.07) is 15.3. The largest absolute Gasteiger partial charge is 0.343 e. The molecule has 2 N–H and O–H groups in total. The lowest BCUT2D eigenvalue weighted by Gasteiger charge is -2.07. The first-order valence-electron chi connectivity index (χ1n) is 6.79. The van der Waals surface area contributed by atoms with E-state index in [1.54, 1.807) is 6.07 Å². The number of hydrogen-bond donors (Lipinski definition) is 1. The first-order chi connectivity index (χ1) is 9.78. The second-order valence-corrected chi connectivity index (χ2v) is 4.97. The fourth-order valence-electron chi connectivity index (χ4n) is 2.52. The summed E-state index contributed by atoms with van der Waals surface area (Å²) in [4.78, 5) is 0. The molecule has 0 radical (unpaired) electrons. The fourth-order valence-corrected chi connectivity index (χ4v) is 2.52. The molecule has 0 atom stereocenters. The van der Waals surface area contributed by atoms with Crippen molar-refractivity contribution in [2.45, 2.75) is 13.0 Å². The number of halogens is 1. The molecule has 0 aliphatic rings. The van der Waals surface area contributed by atoms with Crippen molar-refractivity contribution in [1.29, 1.82) is 0 Å².